The third-order valence-corrected chi connectivity index (χ3v) is 4.11. The molecule has 1 atom stereocenters. The molecule has 1 unspecified atom stereocenters. The molecule has 0 saturated carbocycles. The van der Waals surface area contributed by atoms with Crippen molar-refractivity contribution in [3.8, 4) is 0 Å². The maximum Gasteiger partial charge on any atom is 0.418 e. The van der Waals surface area contributed by atoms with Crippen molar-refractivity contribution in [1.82, 2.24) is 4.90 Å². The summed E-state index contributed by atoms with van der Waals surface area (Å²) >= 11 is 0. The van der Waals surface area contributed by atoms with Crippen LogP contribution in [0, 0.1) is 5.92 Å². The van der Waals surface area contributed by atoms with Crippen LogP contribution in [0.3, 0.4) is 0 Å². The van der Waals surface area contributed by atoms with Crippen LogP contribution in [0.15, 0.2) is 24.3 Å². The molecule has 1 aromatic rings. The molecule has 4 nitrogen and oxygen atoms in total. The van der Waals surface area contributed by atoms with Gasteiger partial charge in [-0.15, -0.1) is 0 Å². The van der Waals surface area contributed by atoms with Gasteiger partial charge in [-0.1, -0.05) is 31.9 Å². The first-order valence-corrected chi connectivity index (χ1v) is 8.07. The average Bonchev–Trinajstić information content (AvgIpc) is 2.88. The van der Waals surface area contributed by atoms with Gasteiger partial charge in [0, 0.05) is 19.5 Å². The largest absolute Gasteiger partial charge is 0.418 e. The molecule has 0 radical (unpaired) electrons. The summed E-state index contributed by atoms with van der Waals surface area (Å²) in [6, 6.07) is 4.84. The molecular weight excluding hydrogens is 321 g/mol. The topological polar surface area (TPSA) is 49.4 Å². The van der Waals surface area contributed by atoms with Crippen molar-refractivity contribution in [3.63, 3.8) is 0 Å². The van der Waals surface area contributed by atoms with Gasteiger partial charge in [0.15, 0.2) is 0 Å². The molecule has 2 amide bonds. The molecule has 0 aliphatic carbocycles. The number of nitrogens with zero attached hydrogens (tertiary/aromatic N) is 1. The second kappa shape index (κ2) is 7.68. The molecule has 1 saturated heterocycles. The van der Waals surface area contributed by atoms with Crippen LogP contribution in [0.4, 0.5) is 18.9 Å². The zero-order valence-electron chi connectivity index (χ0n) is 13.5. The molecule has 7 heteroatoms. The Labute approximate surface area is 139 Å². The maximum absolute atomic E-state index is 13.0. The van der Waals surface area contributed by atoms with Gasteiger partial charge in [0.1, 0.15) is 0 Å². The summed E-state index contributed by atoms with van der Waals surface area (Å²) < 4.78 is 38.9. The number of nitrogens with one attached hydrogen (secondary N) is 1. The van der Waals surface area contributed by atoms with Crippen LogP contribution in [0.2, 0.25) is 0 Å². The Morgan fingerprint density at radius 2 is 2.00 bits per heavy atom. The van der Waals surface area contributed by atoms with E-state index in [0.717, 1.165) is 25.3 Å². The van der Waals surface area contributed by atoms with E-state index in [1.54, 1.807) is 4.90 Å². The number of halogens is 3. The van der Waals surface area contributed by atoms with Gasteiger partial charge < -0.3 is 10.2 Å². The molecular formula is C17H21F3N2O2. The number of rotatable bonds is 6. The summed E-state index contributed by atoms with van der Waals surface area (Å²) in [6.45, 7) is 2.91. The Hall–Kier alpha value is -2.05. The maximum atomic E-state index is 13.0. The van der Waals surface area contributed by atoms with Crippen LogP contribution in [0.5, 0.6) is 0 Å². The van der Waals surface area contributed by atoms with E-state index < -0.39 is 23.6 Å². The molecule has 1 fully saturated rings. The number of anilines is 1. The van der Waals surface area contributed by atoms with Crippen molar-refractivity contribution in [2.24, 2.45) is 5.92 Å². The highest BCUT2D eigenvalue weighted by atomic mass is 19.4. The first-order chi connectivity index (χ1) is 11.3. The standard InChI is InChI=1S/C17H21F3N2O2/c1-2-3-6-9-22-11-12(10-15(22)23)16(24)21-14-8-5-4-7-13(14)17(18,19)20/h4-5,7-8,12H,2-3,6,9-11H2,1H3,(H,21,24). The molecule has 1 aliphatic rings. The normalized spacial score (nSPS) is 18.1. The minimum Gasteiger partial charge on any atom is -0.342 e. The first-order valence-electron chi connectivity index (χ1n) is 8.07. The predicted molar refractivity (Wildman–Crippen MR) is 84.3 cm³/mol. The smallest absolute Gasteiger partial charge is 0.342 e. The van der Waals surface area contributed by atoms with Gasteiger partial charge in [0.25, 0.3) is 0 Å². The zero-order chi connectivity index (χ0) is 17.7. The number of para-hydroxylation sites is 1. The second-order valence-corrected chi connectivity index (χ2v) is 5.98. The third-order valence-electron chi connectivity index (χ3n) is 4.11. The summed E-state index contributed by atoms with van der Waals surface area (Å²) in [5.74, 6) is -1.27. The fourth-order valence-electron chi connectivity index (χ4n) is 2.79. The zero-order valence-corrected chi connectivity index (χ0v) is 13.5. The summed E-state index contributed by atoms with van der Waals surface area (Å²) in [7, 11) is 0. The van der Waals surface area contributed by atoms with Crippen LogP contribution in [-0.2, 0) is 15.8 Å². The van der Waals surface area contributed by atoms with Gasteiger partial charge in [-0.2, -0.15) is 13.2 Å². The van der Waals surface area contributed by atoms with Crippen LogP contribution in [-0.4, -0.2) is 29.8 Å². The average molecular weight is 342 g/mol. The van der Waals surface area contributed by atoms with Gasteiger partial charge in [0.05, 0.1) is 17.2 Å². The van der Waals surface area contributed by atoms with Crippen molar-refractivity contribution in [2.75, 3.05) is 18.4 Å². The van der Waals surface area contributed by atoms with Crippen molar-refractivity contribution >= 4 is 17.5 Å². The van der Waals surface area contributed by atoms with E-state index in [-0.39, 0.29) is 24.6 Å². The lowest BCUT2D eigenvalue weighted by Crippen LogP contribution is -2.29. The highest BCUT2D eigenvalue weighted by Gasteiger charge is 2.36. The van der Waals surface area contributed by atoms with Crippen LogP contribution in [0.25, 0.3) is 0 Å². The monoisotopic (exact) mass is 342 g/mol. The van der Waals surface area contributed by atoms with E-state index in [9.17, 15) is 22.8 Å². The molecule has 2 rings (SSSR count). The summed E-state index contributed by atoms with van der Waals surface area (Å²) in [4.78, 5) is 25.8. The van der Waals surface area contributed by atoms with Gasteiger partial charge in [-0.05, 0) is 18.6 Å². The molecule has 1 N–H and O–H groups in total. The van der Waals surface area contributed by atoms with E-state index in [1.165, 1.54) is 18.2 Å². The van der Waals surface area contributed by atoms with E-state index in [0.29, 0.717) is 6.54 Å². The number of carbonyl (C=O) groups is 2. The van der Waals surface area contributed by atoms with Crippen LogP contribution >= 0.6 is 0 Å². The van der Waals surface area contributed by atoms with Crippen LogP contribution < -0.4 is 5.32 Å². The predicted octanol–water partition coefficient (Wildman–Crippen LogP) is 3.68. The lowest BCUT2D eigenvalue weighted by atomic mass is 10.1. The SMILES string of the molecule is CCCCCN1CC(C(=O)Nc2ccccc2C(F)(F)F)CC1=O. The number of amides is 2. The van der Waals surface area contributed by atoms with Gasteiger partial charge >= 0.3 is 6.18 Å². The molecule has 1 aliphatic heterocycles. The summed E-state index contributed by atoms with van der Waals surface area (Å²) in [5, 5.41) is 2.33. The number of benzene rings is 1. The fourth-order valence-corrected chi connectivity index (χ4v) is 2.79. The van der Waals surface area contributed by atoms with E-state index in [4.69, 9.17) is 0 Å². The van der Waals surface area contributed by atoms with E-state index in [1.807, 2.05) is 0 Å². The lowest BCUT2D eigenvalue weighted by Gasteiger charge is -2.17. The van der Waals surface area contributed by atoms with Crippen molar-refractivity contribution in [1.29, 1.82) is 0 Å². The Bertz CT molecular complexity index is 602. The molecule has 0 bridgehead atoms. The highest BCUT2D eigenvalue weighted by molar-refractivity contribution is 5.97. The van der Waals surface area contributed by atoms with Crippen LogP contribution in [0.1, 0.15) is 38.2 Å². The quantitative estimate of drug-likeness (QED) is 0.802. The Morgan fingerprint density at radius 1 is 1.29 bits per heavy atom. The first kappa shape index (κ1) is 18.3. The number of carbonyl (C=O) groups excluding carboxylic acids is 2. The van der Waals surface area contributed by atoms with Gasteiger partial charge in [-0.25, -0.2) is 0 Å². The number of unbranched alkanes of at least 4 members (excludes halogenated alkanes) is 2. The molecule has 1 aromatic carbocycles. The lowest BCUT2D eigenvalue weighted by molar-refractivity contribution is -0.137. The second-order valence-electron chi connectivity index (χ2n) is 5.98. The summed E-state index contributed by atoms with van der Waals surface area (Å²) in [5.41, 5.74) is -1.16. The van der Waals surface area contributed by atoms with Crippen molar-refractivity contribution in [2.45, 2.75) is 38.8 Å². The van der Waals surface area contributed by atoms with Crippen molar-refractivity contribution < 1.29 is 22.8 Å². The number of alkyl halides is 3. The molecule has 132 valence electrons. The Kier molecular flexibility index (Phi) is 5.85. The fraction of sp³-hybridized carbons (Fsp3) is 0.529. The molecule has 24 heavy (non-hydrogen) atoms. The van der Waals surface area contributed by atoms with E-state index >= 15 is 0 Å². The summed E-state index contributed by atoms with van der Waals surface area (Å²) in [6.07, 6.45) is -1.60. The molecule has 0 spiro atoms. The van der Waals surface area contributed by atoms with Gasteiger partial charge in [0.2, 0.25) is 11.8 Å². The minimum atomic E-state index is -4.54. The third kappa shape index (κ3) is 4.49. The molecule has 0 aromatic heterocycles. The highest BCUT2D eigenvalue weighted by Crippen LogP contribution is 2.35. The number of hydrogen-bond acceptors (Lipinski definition) is 2. The molecule has 1 heterocycles. The minimum absolute atomic E-state index is 0.0478. The number of likely N-dealkylation sites (tertiary alicyclic amines) is 1. The van der Waals surface area contributed by atoms with E-state index in [2.05, 4.69) is 12.2 Å². The Balaban J connectivity index is 2.00. The van der Waals surface area contributed by atoms with Gasteiger partial charge in [-0.3, -0.25) is 9.59 Å². The Morgan fingerprint density at radius 3 is 2.67 bits per heavy atom. The van der Waals surface area contributed by atoms with Crippen molar-refractivity contribution in [3.05, 3.63) is 29.8 Å². The number of hydrogen-bond donors (Lipinski definition) is 1.